The minimum Gasteiger partial charge on any atom is -0.374 e. The highest BCUT2D eigenvalue weighted by atomic mass is 15.1. The molecule has 2 aliphatic heterocycles. The number of hydrogen-bond acceptors (Lipinski definition) is 7. The second-order valence-electron chi connectivity index (χ2n) is 11.5. The fraction of sp³-hybridized carbons (Fsp3) is 0.0513. The van der Waals surface area contributed by atoms with Crippen LogP contribution in [0.2, 0.25) is 0 Å². The quantitative estimate of drug-likeness (QED) is 0.211. The highest BCUT2D eigenvalue weighted by Gasteiger charge is 2.20. The van der Waals surface area contributed by atoms with Gasteiger partial charge in [-0.2, -0.15) is 0 Å². The van der Waals surface area contributed by atoms with Crippen molar-refractivity contribution in [3.8, 4) is 11.1 Å². The van der Waals surface area contributed by atoms with Gasteiger partial charge in [0.05, 0.1) is 28.9 Å². The zero-order chi connectivity index (χ0) is 30.5. The summed E-state index contributed by atoms with van der Waals surface area (Å²) in [6.45, 7) is 0.511. The average Bonchev–Trinajstić information content (AvgIpc) is 3.14. The predicted octanol–water partition coefficient (Wildman–Crippen LogP) is 7.23. The van der Waals surface area contributed by atoms with E-state index in [-0.39, 0.29) is 6.04 Å². The zero-order valence-corrected chi connectivity index (χ0v) is 24.7. The number of fused-ring (bicyclic) bond motifs is 5. The van der Waals surface area contributed by atoms with Crippen LogP contribution in [0.5, 0.6) is 0 Å². The number of hydrogen-bond donors (Lipinski definition) is 2. The Hall–Kier alpha value is -6.21. The van der Waals surface area contributed by atoms with E-state index >= 15 is 0 Å². The Labute approximate surface area is 265 Å². The summed E-state index contributed by atoms with van der Waals surface area (Å²) in [4.78, 5) is 22.9. The molecule has 1 atom stereocenters. The Morgan fingerprint density at radius 3 is 2.48 bits per heavy atom. The van der Waals surface area contributed by atoms with E-state index in [4.69, 9.17) is 4.98 Å². The first-order valence-electron chi connectivity index (χ1n) is 15.3. The first-order chi connectivity index (χ1) is 22.8. The predicted molar refractivity (Wildman–Crippen MR) is 187 cm³/mol. The maximum atomic E-state index is 4.87. The molecular formula is C39H27N7. The molecule has 7 nitrogen and oxygen atoms in total. The molecule has 3 aromatic heterocycles. The van der Waals surface area contributed by atoms with Crippen molar-refractivity contribution in [2.45, 2.75) is 6.04 Å². The molecule has 1 aliphatic carbocycles. The highest BCUT2D eigenvalue weighted by molar-refractivity contribution is 6.08. The van der Waals surface area contributed by atoms with Gasteiger partial charge in [0, 0.05) is 34.2 Å². The van der Waals surface area contributed by atoms with Crippen LogP contribution in [0.3, 0.4) is 0 Å². The Morgan fingerprint density at radius 1 is 0.717 bits per heavy atom. The van der Waals surface area contributed by atoms with E-state index in [0.29, 0.717) is 12.5 Å². The van der Waals surface area contributed by atoms with Gasteiger partial charge in [-0.3, -0.25) is 9.97 Å². The molecule has 0 saturated carbocycles. The molecule has 0 radical (unpaired) electrons. The monoisotopic (exact) mass is 593 g/mol. The van der Waals surface area contributed by atoms with Crippen molar-refractivity contribution in [2.75, 3.05) is 6.67 Å². The molecule has 7 heteroatoms. The van der Waals surface area contributed by atoms with Crippen molar-refractivity contribution >= 4 is 56.2 Å². The van der Waals surface area contributed by atoms with Crippen LogP contribution < -0.4 is 10.6 Å². The summed E-state index contributed by atoms with van der Waals surface area (Å²) in [5, 5.41) is 10.0. The molecule has 9 rings (SSSR count). The Kier molecular flexibility index (Phi) is 6.13. The Morgan fingerprint density at radius 2 is 1.57 bits per heavy atom. The lowest BCUT2D eigenvalue weighted by atomic mass is 9.89. The maximum absolute atomic E-state index is 4.87. The van der Waals surface area contributed by atoms with Gasteiger partial charge < -0.3 is 10.6 Å². The minimum atomic E-state index is 0.0676. The molecule has 0 spiro atoms. The van der Waals surface area contributed by atoms with E-state index in [1.807, 2.05) is 24.5 Å². The van der Waals surface area contributed by atoms with Crippen LogP contribution in [0.15, 0.2) is 143 Å². The standard InChI is InChI=1S/C39H27N7/c1-2-28-11-14-32-31(17-19-42-38(32)37(28)41-18-1)25-5-3-24(4-6-25)29-9-7-26-12-15-33(45-35(26)20-29)30-10-8-27-13-16-34(46-36(27)21-30)39-43-22-40-23-44-39/h1-22,35,45H,23H2,(H,40,43,44). The molecular weight excluding hydrogens is 566 g/mol. The smallest absolute Gasteiger partial charge is 0.176 e. The van der Waals surface area contributed by atoms with Crippen molar-refractivity contribution in [1.29, 1.82) is 0 Å². The summed E-state index contributed by atoms with van der Waals surface area (Å²) < 4.78 is 0. The fourth-order valence-corrected chi connectivity index (χ4v) is 6.39. The van der Waals surface area contributed by atoms with Gasteiger partial charge in [0.15, 0.2) is 5.84 Å². The van der Waals surface area contributed by atoms with Crippen LogP contribution >= 0.6 is 0 Å². The van der Waals surface area contributed by atoms with E-state index in [1.165, 1.54) is 16.7 Å². The van der Waals surface area contributed by atoms with Gasteiger partial charge in [-0.05, 0) is 63.7 Å². The summed E-state index contributed by atoms with van der Waals surface area (Å²) in [5.74, 6) is 0.647. The molecule has 6 aromatic rings. The van der Waals surface area contributed by atoms with Crippen molar-refractivity contribution in [2.24, 2.45) is 9.98 Å². The van der Waals surface area contributed by atoms with Crippen LogP contribution in [0.1, 0.15) is 16.8 Å². The molecule has 0 saturated heterocycles. The van der Waals surface area contributed by atoms with E-state index in [2.05, 4.69) is 134 Å². The zero-order valence-electron chi connectivity index (χ0n) is 24.7. The number of nitrogens with one attached hydrogen (secondary N) is 2. The van der Waals surface area contributed by atoms with E-state index in [9.17, 15) is 0 Å². The number of amidine groups is 1. The molecule has 46 heavy (non-hydrogen) atoms. The second-order valence-corrected chi connectivity index (χ2v) is 11.5. The van der Waals surface area contributed by atoms with Gasteiger partial charge >= 0.3 is 0 Å². The van der Waals surface area contributed by atoms with E-state index in [1.54, 1.807) is 6.34 Å². The van der Waals surface area contributed by atoms with Gasteiger partial charge in [-0.1, -0.05) is 85.0 Å². The van der Waals surface area contributed by atoms with Crippen molar-refractivity contribution in [3.63, 3.8) is 0 Å². The lowest BCUT2D eigenvalue weighted by Crippen LogP contribution is -2.31. The number of rotatable bonds is 4. The molecule has 2 N–H and O–H groups in total. The van der Waals surface area contributed by atoms with Crippen LogP contribution in [0, 0.1) is 0 Å². The van der Waals surface area contributed by atoms with Crippen LogP contribution in [0.25, 0.3) is 55.1 Å². The third kappa shape index (κ3) is 4.57. The average molecular weight is 594 g/mol. The number of aliphatic imine (C=N–C) groups is 2. The topological polar surface area (TPSA) is 87.5 Å². The second kappa shape index (κ2) is 10.7. The van der Waals surface area contributed by atoms with Crippen molar-refractivity contribution in [3.05, 3.63) is 150 Å². The van der Waals surface area contributed by atoms with Crippen LogP contribution in [-0.2, 0) is 0 Å². The molecule has 3 aliphatic rings. The first-order valence-corrected chi connectivity index (χ1v) is 15.3. The Bertz CT molecular complexity index is 2390. The van der Waals surface area contributed by atoms with E-state index in [0.717, 1.165) is 60.8 Å². The third-order valence-corrected chi connectivity index (χ3v) is 8.76. The number of dihydropyridines is 1. The fourth-order valence-electron chi connectivity index (χ4n) is 6.39. The van der Waals surface area contributed by atoms with Gasteiger partial charge in [0.25, 0.3) is 0 Å². The van der Waals surface area contributed by atoms with Gasteiger partial charge in [0.2, 0.25) is 0 Å². The summed E-state index contributed by atoms with van der Waals surface area (Å²) in [6, 6.07) is 29.7. The summed E-state index contributed by atoms with van der Waals surface area (Å²) in [7, 11) is 0. The number of nitrogens with zero attached hydrogens (tertiary/aromatic N) is 5. The van der Waals surface area contributed by atoms with Crippen LogP contribution in [-0.4, -0.2) is 39.8 Å². The summed E-state index contributed by atoms with van der Waals surface area (Å²) in [6.07, 6.45) is 16.4. The number of pyridine rings is 3. The number of aromatic nitrogens is 3. The van der Waals surface area contributed by atoms with Crippen molar-refractivity contribution in [1.82, 2.24) is 25.6 Å². The lowest BCUT2D eigenvalue weighted by Gasteiger charge is -2.27. The minimum absolute atomic E-state index is 0.0676. The highest BCUT2D eigenvalue weighted by Crippen LogP contribution is 2.34. The molecule has 0 amide bonds. The van der Waals surface area contributed by atoms with Gasteiger partial charge in [0.1, 0.15) is 12.4 Å². The summed E-state index contributed by atoms with van der Waals surface area (Å²) >= 11 is 0. The molecule has 5 heterocycles. The molecule has 0 fully saturated rings. The van der Waals surface area contributed by atoms with E-state index < -0.39 is 0 Å². The van der Waals surface area contributed by atoms with Gasteiger partial charge in [-0.15, -0.1) is 0 Å². The maximum Gasteiger partial charge on any atom is 0.176 e. The van der Waals surface area contributed by atoms with Gasteiger partial charge in [-0.25, -0.2) is 15.0 Å². The largest absolute Gasteiger partial charge is 0.374 e. The van der Waals surface area contributed by atoms with Crippen LogP contribution in [0.4, 0.5) is 0 Å². The third-order valence-electron chi connectivity index (χ3n) is 8.76. The normalized spacial score (nSPS) is 17.1. The molecule has 1 unspecified atom stereocenters. The van der Waals surface area contributed by atoms with Crippen molar-refractivity contribution < 1.29 is 0 Å². The molecule has 3 aromatic carbocycles. The number of allylic oxidation sites excluding steroid dienone is 4. The molecule has 0 bridgehead atoms. The lowest BCUT2D eigenvalue weighted by molar-refractivity contribution is 0.815. The SMILES string of the molecule is C1=CC2=CC=C(c3ccc4ccc(C5=NCNC=N5)nc4c3)NC2C=C1c1ccc(-c2ccnc3c2ccc2cccnc23)cc1. The first kappa shape index (κ1) is 26.2. The molecule has 218 valence electrons. The Balaban J connectivity index is 0.985. The number of benzene rings is 3. The summed E-state index contributed by atoms with van der Waals surface area (Å²) in [5.41, 5.74) is 11.6.